The van der Waals surface area contributed by atoms with Crippen LogP contribution in [0.5, 0.6) is 0 Å². The van der Waals surface area contributed by atoms with Gasteiger partial charge in [-0.05, 0) is 31.5 Å². The maximum atomic E-state index is 12.2. The molecule has 6 nitrogen and oxygen atoms in total. The summed E-state index contributed by atoms with van der Waals surface area (Å²) in [4.78, 5) is 18.6. The number of benzene rings is 1. The smallest absolute Gasteiger partial charge is 0.238 e. The third-order valence-corrected chi connectivity index (χ3v) is 3.82. The summed E-state index contributed by atoms with van der Waals surface area (Å²) >= 11 is 0. The van der Waals surface area contributed by atoms with Crippen LogP contribution in [0.15, 0.2) is 30.6 Å². The number of aromatic nitrogens is 3. The van der Waals surface area contributed by atoms with Gasteiger partial charge in [-0.15, -0.1) is 0 Å². The lowest BCUT2D eigenvalue weighted by molar-refractivity contribution is -0.117. The fourth-order valence-corrected chi connectivity index (χ4v) is 2.53. The minimum absolute atomic E-state index is 0.0277. The van der Waals surface area contributed by atoms with E-state index in [9.17, 15) is 4.79 Å². The molecule has 1 aliphatic carbocycles. The van der Waals surface area contributed by atoms with E-state index in [-0.39, 0.29) is 5.91 Å². The van der Waals surface area contributed by atoms with Crippen molar-refractivity contribution in [3.8, 4) is 11.4 Å². The lowest BCUT2D eigenvalue weighted by Crippen LogP contribution is -2.34. The molecule has 22 heavy (non-hydrogen) atoms. The molecule has 1 amide bonds. The molecule has 3 rings (SSSR count). The van der Waals surface area contributed by atoms with E-state index in [0.29, 0.717) is 18.4 Å². The van der Waals surface area contributed by atoms with Crippen LogP contribution < -0.4 is 5.32 Å². The van der Waals surface area contributed by atoms with Crippen LogP contribution >= 0.6 is 0 Å². The summed E-state index contributed by atoms with van der Waals surface area (Å²) in [5.41, 5.74) is 1.68. The molecule has 0 aliphatic heterocycles. The Kier molecular flexibility index (Phi) is 4.20. The number of nitrogens with zero attached hydrogens (tertiary/aromatic N) is 4. The normalized spacial score (nSPS) is 14.3. The first-order chi connectivity index (χ1) is 10.7. The minimum atomic E-state index is 0.0277. The van der Waals surface area contributed by atoms with Gasteiger partial charge < -0.3 is 5.32 Å². The van der Waals surface area contributed by atoms with Crippen LogP contribution in [-0.2, 0) is 11.8 Å². The lowest BCUT2D eigenvalue weighted by atomic mass is 10.2. The van der Waals surface area contributed by atoms with Crippen LogP contribution in [0.25, 0.3) is 11.4 Å². The Bertz CT molecular complexity index is 662. The molecule has 0 atom stereocenters. The Morgan fingerprint density at radius 1 is 1.45 bits per heavy atom. The summed E-state index contributed by atoms with van der Waals surface area (Å²) < 4.78 is 1.66. The number of hydrogen-bond acceptors (Lipinski definition) is 4. The van der Waals surface area contributed by atoms with Crippen molar-refractivity contribution < 1.29 is 4.79 Å². The molecule has 1 saturated carbocycles. The highest BCUT2D eigenvalue weighted by molar-refractivity contribution is 5.92. The van der Waals surface area contributed by atoms with Crippen molar-refractivity contribution in [3.05, 3.63) is 30.6 Å². The highest BCUT2D eigenvalue weighted by Crippen LogP contribution is 2.26. The molecule has 116 valence electrons. The Balaban J connectivity index is 1.66. The van der Waals surface area contributed by atoms with Gasteiger partial charge in [0.25, 0.3) is 0 Å². The van der Waals surface area contributed by atoms with Gasteiger partial charge in [0.05, 0.1) is 6.54 Å². The average molecular weight is 299 g/mol. The van der Waals surface area contributed by atoms with Crippen LogP contribution in [0.2, 0.25) is 0 Å². The van der Waals surface area contributed by atoms with Crippen molar-refractivity contribution in [1.29, 1.82) is 0 Å². The molecule has 0 saturated heterocycles. The van der Waals surface area contributed by atoms with E-state index in [1.807, 2.05) is 31.3 Å². The van der Waals surface area contributed by atoms with E-state index in [1.165, 1.54) is 12.8 Å². The number of rotatable bonds is 6. The van der Waals surface area contributed by atoms with Gasteiger partial charge in [-0.3, -0.25) is 14.4 Å². The number of anilines is 1. The fourth-order valence-electron chi connectivity index (χ4n) is 2.53. The summed E-state index contributed by atoms with van der Waals surface area (Å²) in [5, 5.41) is 7.24. The standard InChI is InChI=1S/C16H21N5O/c1-3-21(14-7-8-14)10-15(22)18-13-6-4-5-12(9-13)16-17-11-20(2)19-16/h4-6,9,11,14H,3,7-8,10H2,1-2H3,(H,18,22). The number of hydrogen-bond donors (Lipinski definition) is 1. The summed E-state index contributed by atoms with van der Waals surface area (Å²) in [5.74, 6) is 0.687. The van der Waals surface area contributed by atoms with E-state index < -0.39 is 0 Å². The van der Waals surface area contributed by atoms with Crippen LogP contribution in [0, 0.1) is 0 Å². The summed E-state index contributed by atoms with van der Waals surface area (Å²) in [6.07, 6.45) is 4.08. The highest BCUT2D eigenvalue weighted by Gasteiger charge is 2.28. The van der Waals surface area contributed by atoms with Gasteiger partial charge in [0.2, 0.25) is 5.91 Å². The first-order valence-electron chi connectivity index (χ1n) is 7.65. The van der Waals surface area contributed by atoms with Crippen molar-refractivity contribution >= 4 is 11.6 Å². The van der Waals surface area contributed by atoms with Crippen molar-refractivity contribution in [1.82, 2.24) is 19.7 Å². The van der Waals surface area contributed by atoms with E-state index in [1.54, 1.807) is 11.0 Å². The first-order valence-corrected chi connectivity index (χ1v) is 7.65. The molecule has 1 aromatic heterocycles. The molecule has 0 bridgehead atoms. The molecule has 6 heteroatoms. The minimum Gasteiger partial charge on any atom is -0.325 e. The quantitative estimate of drug-likeness (QED) is 0.885. The van der Waals surface area contributed by atoms with Crippen molar-refractivity contribution in [2.75, 3.05) is 18.4 Å². The third kappa shape index (κ3) is 3.51. The Morgan fingerprint density at radius 3 is 2.91 bits per heavy atom. The van der Waals surface area contributed by atoms with Gasteiger partial charge in [-0.1, -0.05) is 19.1 Å². The number of nitrogens with one attached hydrogen (secondary N) is 1. The maximum absolute atomic E-state index is 12.2. The summed E-state index contributed by atoms with van der Waals surface area (Å²) in [6.45, 7) is 3.46. The second-order valence-electron chi connectivity index (χ2n) is 5.67. The molecule has 1 aromatic carbocycles. The van der Waals surface area contributed by atoms with E-state index in [2.05, 4.69) is 27.2 Å². The SMILES string of the molecule is CCN(CC(=O)Nc1cccc(-c2ncn(C)n2)c1)C1CC1. The molecule has 0 spiro atoms. The number of carbonyl (C=O) groups excluding carboxylic acids is 1. The number of carbonyl (C=O) groups is 1. The van der Waals surface area contributed by atoms with Crippen molar-refractivity contribution in [2.45, 2.75) is 25.8 Å². The monoisotopic (exact) mass is 299 g/mol. The molecule has 1 N–H and O–H groups in total. The van der Waals surface area contributed by atoms with Crippen molar-refractivity contribution in [2.24, 2.45) is 7.05 Å². The van der Waals surface area contributed by atoms with Gasteiger partial charge in [0.15, 0.2) is 5.82 Å². The molecule has 0 radical (unpaired) electrons. The Hall–Kier alpha value is -2.21. The molecule has 1 fully saturated rings. The van der Waals surface area contributed by atoms with Gasteiger partial charge in [0.1, 0.15) is 6.33 Å². The zero-order valence-electron chi connectivity index (χ0n) is 13.0. The Morgan fingerprint density at radius 2 is 2.27 bits per heavy atom. The van der Waals surface area contributed by atoms with E-state index >= 15 is 0 Å². The van der Waals surface area contributed by atoms with Gasteiger partial charge >= 0.3 is 0 Å². The molecule has 2 aromatic rings. The van der Waals surface area contributed by atoms with Gasteiger partial charge in [-0.25, -0.2) is 4.98 Å². The molecule has 0 unspecified atom stereocenters. The second-order valence-corrected chi connectivity index (χ2v) is 5.67. The van der Waals surface area contributed by atoms with Crippen molar-refractivity contribution in [3.63, 3.8) is 0 Å². The maximum Gasteiger partial charge on any atom is 0.238 e. The van der Waals surface area contributed by atoms with E-state index in [4.69, 9.17) is 0 Å². The number of likely N-dealkylation sites (N-methyl/N-ethyl adjacent to an activating group) is 1. The highest BCUT2D eigenvalue weighted by atomic mass is 16.2. The number of aryl methyl sites for hydroxylation is 1. The fraction of sp³-hybridized carbons (Fsp3) is 0.438. The molecular weight excluding hydrogens is 278 g/mol. The predicted octanol–water partition coefficient (Wildman–Crippen LogP) is 1.90. The Labute approximate surface area is 130 Å². The molecule has 1 heterocycles. The van der Waals surface area contributed by atoms with Crippen LogP contribution in [-0.4, -0.2) is 44.7 Å². The second kappa shape index (κ2) is 6.27. The third-order valence-electron chi connectivity index (χ3n) is 3.82. The van der Waals surface area contributed by atoms with Gasteiger partial charge in [-0.2, -0.15) is 5.10 Å². The lowest BCUT2D eigenvalue weighted by Gasteiger charge is -2.19. The predicted molar refractivity (Wildman–Crippen MR) is 85.3 cm³/mol. The zero-order valence-corrected chi connectivity index (χ0v) is 13.0. The van der Waals surface area contributed by atoms with Crippen LogP contribution in [0.1, 0.15) is 19.8 Å². The van der Waals surface area contributed by atoms with Gasteiger partial charge in [0, 0.05) is 24.3 Å². The average Bonchev–Trinajstić information content (AvgIpc) is 3.26. The van der Waals surface area contributed by atoms with Crippen LogP contribution in [0.3, 0.4) is 0 Å². The first kappa shape index (κ1) is 14.7. The molecule has 1 aliphatic rings. The topological polar surface area (TPSA) is 63.1 Å². The zero-order chi connectivity index (χ0) is 15.5. The van der Waals surface area contributed by atoms with Crippen LogP contribution in [0.4, 0.5) is 5.69 Å². The summed E-state index contributed by atoms with van der Waals surface area (Å²) in [6, 6.07) is 8.23. The molecular formula is C16H21N5O. The summed E-state index contributed by atoms with van der Waals surface area (Å²) in [7, 11) is 1.83. The number of amides is 1. The van der Waals surface area contributed by atoms with E-state index in [0.717, 1.165) is 17.8 Å². The largest absolute Gasteiger partial charge is 0.325 e.